The largest absolute Gasteiger partial charge is 0.493 e. The van der Waals surface area contributed by atoms with Crippen LogP contribution in [-0.2, 0) is 31.5 Å². The Labute approximate surface area is 158 Å². The predicted octanol–water partition coefficient (Wildman–Crippen LogP) is 1.58. The number of ether oxygens (including phenoxy) is 3. The number of pyridine rings is 1. The topological polar surface area (TPSA) is 78.0 Å². The van der Waals surface area contributed by atoms with Crippen molar-refractivity contribution in [2.75, 3.05) is 45.3 Å². The van der Waals surface area contributed by atoms with E-state index in [-0.39, 0.29) is 11.7 Å². The summed E-state index contributed by atoms with van der Waals surface area (Å²) < 4.78 is 42.7. The van der Waals surface area contributed by atoms with E-state index in [1.54, 1.807) is 13.0 Å². The summed E-state index contributed by atoms with van der Waals surface area (Å²) in [5.74, 6) is 1.06. The Bertz CT molecular complexity index is 789. The number of halogens is 1. The Morgan fingerprint density at radius 3 is 2.92 bits per heavy atom. The van der Waals surface area contributed by atoms with E-state index in [0.29, 0.717) is 44.7 Å². The smallest absolute Gasteiger partial charge is 0.213 e. The van der Waals surface area contributed by atoms with Crippen molar-refractivity contribution in [2.24, 2.45) is 5.92 Å². The van der Waals surface area contributed by atoms with Crippen molar-refractivity contribution in [1.82, 2.24) is 9.29 Å². The molecule has 1 atom stereocenters. The molecular weight excluding hydrogens is 380 g/mol. The molecule has 0 N–H and O–H groups in total. The van der Waals surface area contributed by atoms with Crippen LogP contribution in [0.1, 0.15) is 24.6 Å². The van der Waals surface area contributed by atoms with Gasteiger partial charge in [0.05, 0.1) is 31.3 Å². The number of hydrogen-bond acceptors (Lipinski definition) is 6. The van der Waals surface area contributed by atoms with Crippen LogP contribution in [0.3, 0.4) is 0 Å². The van der Waals surface area contributed by atoms with Crippen LogP contribution in [0, 0.1) is 5.92 Å². The molecule has 0 amide bonds. The van der Waals surface area contributed by atoms with Crippen LogP contribution in [0.2, 0.25) is 5.15 Å². The van der Waals surface area contributed by atoms with E-state index in [1.165, 1.54) is 4.31 Å². The van der Waals surface area contributed by atoms with Crippen LogP contribution < -0.4 is 4.74 Å². The van der Waals surface area contributed by atoms with E-state index in [1.807, 2.05) is 0 Å². The lowest BCUT2D eigenvalue weighted by Gasteiger charge is -2.38. The predicted molar refractivity (Wildman–Crippen MR) is 96.0 cm³/mol. The first-order valence-electron chi connectivity index (χ1n) is 8.96. The normalized spacial score (nSPS) is 26.7. The Kier molecular flexibility index (Phi) is 4.90. The number of aromatic nitrogens is 1. The summed E-state index contributed by atoms with van der Waals surface area (Å²) in [6, 6.07) is 1.74. The van der Waals surface area contributed by atoms with Gasteiger partial charge in [0.15, 0.2) is 0 Å². The first-order chi connectivity index (χ1) is 12.4. The van der Waals surface area contributed by atoms with E-state index >= 15 is 0 Å². The molecule has 4 rings (SSSR count). The van der Waals surface area contributed by atoms with Gasteiger partial charge in [-0.1, -0.05) is 11.6 Å². The average molecular weight is 403 g/mol. The van der Waals surface area contributed by atoms with Crippen LogP contribution in [-0.4, -0.2) is 63.0 Å². The number of sulfonamides is 1. The molecule has 1 aromatic rings. The summed E-state index contributed by atoms with van der Waals surface area (Å²) in [6.45, 7) is 4.88. The maximum atomic E-state index is 11.8. The molecule has 0 saturated carbocycles. The van der Waals surface area contributed by atoms with Crippen LogP contribution in [0.25, 0.3) is 0 Å². The monoisotopic (exact) mass is 402 g/mol. The van der Waals surface area contributed by atoms with E-state index in [0.717, 1.165) is 29.8 Å². The molecule has 0 aliphatic carbocycles. The summed E-state index contributed by atoms with van der Waals surface area (Å²) in [6.07, 6.45) is 1.48. The minimum absolute atomic E-state index is 0.137. The third-order valence-electron chi connectivity index (χ3n) is 5.36. The third-order valence-corrected chi connectivity index (χ3v) is 7.36. The Hall–Kier alpha value is -0.930. The maximum Gasteiger partial charge on any atom is 0.213 e. The molecule has 2 fully saturated rings. The van der Waals surface area contributed by atoms with Gasteiger partial charge in [0.2, 0.25) is 10.0 Å². The van der Waals surface area contributed by atoms with Gasteiger partial charge in [0.1, 0.15) is 16.5 Å². The zero-order valence-corrected chi connectivity index (χ0v) is 16.3. The molecule has 3 aliphatic heterocycles. The molecule has 0 bridgehead atoms. The van der Waals surface area contributed by atoms with Crippen LogP contribution >= 0.6 is 11.6 Å². The zero-order valence-electron chi connectivity index (χ0n) is 14.7. The zero-order chi connectivity index (χ0) is 18.4. The fraction of sp³-hybridized carbons (Fsp3) is 0.706. The quantitative estimate of drug-likeness (QED) is 0.696. The molecular formula is C17H23ClN2O5S. The van der Waals surface area contributed by atoms with Crippen LogP contribution in [0.5, 0.6) is 5.75 Å². The van der Waals surface area contributed by atoms with Crippen molar-refractivity contribution in [3.05, 3.63) is 22.5 Å². The Balaban J connectivity index is 1.48. The molecule has 3 aliphatic rings. The van der Waals surface area contributed by atoms with Crippen LogP contribution in [0.15, 0.2) is 6.07 Å². The number of hydrogen-bond donors (Lipinski definition) is 0. The molecule has 26 heavy (non-hydrogen) atoms. The highest BCUT2D eigenvalue weighted by atomic mass is 35.5. The molecule has 144 valence electrons. The Morgan fingerprint density at radius 1 is 1.42 bits per heavy atom. The van der Waals surface area contributed by atoms with Gasteiger partial charge < -0.3 is 14.2 Å². The standard InChI is InChI=1S/C17H23ClN2O5S/c1-2-26(21,22)20-8-12(9-20)10-24-14-7-15(18)19-16-13(14)3-5-25-17(16)4-6-23-11-17/h7,12H,2-6,8-11H2,1H3. The number of rotatable bonds is 5. The van der Waals surface area contributed by atoms with Gasteiger partial charge in [-0.15, -0.1) is 0 Å². The van der Waals surface area contributed by atoms with Crippen LogP contribution in [0.4, 0.5) is 0 Å². The molecule has 0 aromatic carbocycles. The van der Waals surface area contributed by atoms with E-state index in [4.69, 9.17) is 25.8 Å². The SMILES string of the molecule is CCS(=O)(=O)N1CC(COc2cc(Cl)nc3c2CCOC32CCOC2)C1. The van der Waals surface area contributed by atoms with Crippen molar-refractivity contribution in [3.8, 4) is 5.75 Å². The van der Waals surface area contributed by atoms with Crippen molar-refractivity contribution in [1.29, 1.82) is 0 Å². The molecule has 1 spiro atoms. The number of nitrogens with zero attached hydrogens (tertiary/aromatic N) is 2. The summed E-state index contributed by atoms with van der Waals surface area (Å²) in [7, 11) is -3.10. The maximum absolute atomic E-state index is 11.8. The second-order valence-electron chi connectivity index (χ2n) is 7.06. The second kappa shape index (κ2) is 6.91. The first kappa shape index (κ1) is 18.4. The first-order valence-corrected chi connectivity index (χ1v) is 10.9. The fourth-order valence-electron chi connectivity index (χ4n) is 3.77. The van der Waals surface area contributed by atoms with E-state index in [2.05, 4.69) is 4.98 Å². The highest BCUT2D eigenvalue weighted by molar-refractivity contribution is 7.89. The van der Waals surface area contributed by atoms with Gasteiger partial charge in [0.25, 0.3) is 0 Å². The van der Waals surface area contributed by atoms with E-state index in [9.17, 15) is 8.42 Å². The fourth-order valence-corrected chi connectivity index (χ4v) is 5.20. The van der Waals surface area contributed by atoms with Gasteiger partial charge >= 0.3 is 0 Å². The number of fused-ring (bicyclic) bond motifs is 2. The molecule has 1 unspecified atom stereocenters. The van der Waals surface area contributed by atoms with Gasteiger partial charge in [0, 0.05) is 50.1 Å². The summed E-state index contributed by atoms with van der Waals surface area (Å²) >= 11 is 6.23. The minimum Gasteiger partial charge on any atom is -0.493 e. The highest BCUT2D eigenvalue weighted by Gasteiger charge is 2.44. The third kappa shape index (κ3) is 3.22. The average Bonchev–Trinajstić information content (AvgIpc) is 3.03. The van der Waals surface area contributed by atoms with Crippen molar-refractivity contribution in [3.63, 3.8) is 0 Å². The molecule has 9 heteroatoms. The summed E-state index contributed by atoms with van der Waals surface area (Å²) in [4.78, 5) is 4.52. The lowest BCUT2D eigenvalue weighted by Crippen LogP contribution is -2.52. The highest BCUT2D eigenvalue weighted by Crippen LogP contribution is 2.42. The molecule has 1 aromatic heterocycles. The lowest BCUT2D eigenvalue weighted by molar-refractivity contribution is -0.0671. The molecule has 2 saturated heterocycles. The van der Waals surface area contributed by atoms with E-state index < -0.39 is 15.6 Å². The second-order valence-corrected chi connectivity index (χ2v) is 9.71. The molecule has 4 heterocycles. The Morgan fingerprint density at radius 2 is 2.23 bits per heavy atom. The van der Waals surface area contributed by atoms with Crippen molar-refractivity contribution < 1.29 is 22.6 Å². The van der Waals surface area contributed by atoms with Crippen molar-refractivity contribution in [2.45, 2.75) is 25.4 Å². The molecule has 0 radical (unpaired) electrons. The van der Waals surface area contributed by atoms with Gasteiger partial charge in [-0.05, 0) is 6.92 Å². The van der Waals surface area contributed by atoms with Gasteiger partial charge in [-0.2, -0.15) is 0 Å². The lowest BCUT2D eigenvalue weighted by atomic mass is 9.90. The summed E-state index contributed by atoms with van der Waals surface area (Å²) in [5.41, 5.74) is 1.34. The van der Waals surface area contributed by atoms with Gasteiger partial charge in [-0.25, -0.2) is 17.7 Å². The van der Waals surface area contributed by atoms with Crippen molar-refractivity contribution >= 4 is 21.6 Å². The summed E-state index contributed by atoms with van der Waals surface area (Å²) in [5, 5.41) is 0.374. The van der Waals surface area contributed by atoms with Gasteiger partial charge in [-0.3, -0.25) is 0 Å². The molecule has 7 nitrogen and oxygen atoms in total. The minimum atomic E-state index is -3.10.